The van der Waals surface area contributed by atoms with Crippen LogP contribution in [-0.4, -0.2) is 38.4 Å². The quantitative estimate of drug-likeness (QED) is 0.702. The van der Waals surface area contributed by atoms with Gasteiger partial charge in [-0.15, -0.1) is 5.10 Å². The number of nitriles is 1. The molecule has 3 aromatic rings. The molecule has 8 heteroatoms. The van der Waals surface area contributed by atoms with Crippen LogP contribution in [0.3, 0.4) is 0 Å². The van der Waals surface area contributed by atoms with Gasteiger partial charge in [0.25, 0.3) is 5.78 Å². The number of aromatic nitrogens is 4. The zero-order chi connectivity index (χ0) is 19.0. The molecule has 27 heavy (non-hydrogen) atoms. The van der Waals surface area contributed by atoms with E-state index in [9.17, 15) is 10.1 Å². The third kappa shape index (κ3) is 3.12. The molecule has 1 aliphatic heterocycles. The zero-order valence-electron chi connectivity index (χ0n) is 15.3. The standard InChI is InChI=1S/C19H20N6O2/c1-13-12-25-18(22-23(2)19(25)26)21-17(13)24-9-7-15(8-10-24)27-16-6-4-3-5-14(16)11-20/h3-6,12,15H,7-10H2,1-2H3. The lowest BCUT2D eigenvalue weighted by molar-refractivity contribution is 0.170. The SMILES string of the molecule is Cc1cn2c(=O)n(C)nc2nc1N1CCC(Oc2ccccc2C#N)CC1. The van der Waals surface area contributed by atoms with E-state index in [4.69, 9.17) is 4.74 Å². The highest BCUT2D eigenvalue weighted by Crippen LogP contribution is 2.26. The Morgan fingerprint density at radius 1 is 1.26 bits per heavy atom. The molecule has 1 aliphatic rings. The number of para-hydroxylation sites is 1. The highest BCUT2D eigenvalue weighted by molar-refractivity contribution is 5.50. The van der Waals surface area contributed by atoms with E-state index in [0.29, 0.717) is 17.1 Å². The molecular weight excluding hydrogens is 344 g/mol. The van der Waals surface area contributed by atoms with Crippen molar-refractivity contribution in [3.8, 4) is 11.8 Å². The number of fused-ring (bicyclic) bond motifs is 1. The zero-order valence-corrected chi connectivity index (χ0v) is 15.3. The van der Waals surface area contributed by atoms with Gasteiger partial charge in [0.05, 0.1) is 5.56 Å². The molecule has 0 spiro atoms. The minimum atomic E-state index is -0.199. The molecule has 0 aliphatic carbocycles. The molecule has 1 saturated heterocycles. The molecule has 8 nitrogen and oxygen atoms in total. The van der Waals surface area contributed by atoms with Gasteiger partial charge in [-0.25, -0.2) is 13.9 Å². The van der Waals surface area contributed by atoms with Crippen molar-refractivity contribution < 1.29 is 4.74 Å². The number of rotatable bonds is 3. The van der Waals surface area contributed by atoms with Crippen LogP contribution < -0.4 is 15.3 Å². The molecule has 0 unspecified atom stereocenters. The van der Waals surface area contributed by atoms with E-state index in [0.717, 1.165) is 37.3 Å². The molecule has 0 amide bonds. The van der Waals surface area contributed by atoms with Crippen molar-refractivity contribution in [2.75, 3.05) is 18.0 Å². The van der Waals surface area contributed by atoms with Crippen LogP contribution >= 0.6 is 0 Å². The van der Waals surface area contributed by atoms with Gasteiger partial charge < -0.3 is 9.64 Å². The molecule has 0 N–H and O–H groups in total. The minimum absolute atomic E-state index is 0.0669. The molecule has 138 valence electrons. The second-order valence-electron chi connectivity index (χ2n) is 6.74. The van der Waals surface area contributed by atoms with Crippen molar-refractivity contribution in [3.05, 3.63) is 52.1 Å². The van der Waals surface area contributed by atoms with Crippen LogP contribution in [0.5, 0.6) is 5.75 Å². The Bertz CT molecular complexity index is 1090. The first-order chi connectivity index (χ1) is 13.1. The third-order valence-electron chi connectivity index (χ3n) is 4.86. The summed E-state index contributed by atoms with van der Waals surface area (Å²) in [6.07, 6.45) is 3.53. The largest absolute Gasteiger partial charge is 0.489 e. The average Bonchev–Trinajstić information content (AvgIpc) is 2.96. The Morgan fingerprint density at radius 2 is 2.00 bits per heavy atom. The molecule has 2 aromatic heterocycles. The van der Waals surface area contributed by atoms with Gasteiger partial charge in [0.15, 0.2) is 0 Å². The lowest BCUT2D eigenvalue weighted by Crippen LogP contribution is -2.39. The number of nitrogens with zero attached hydrogens (tertiary/aromatic N) is 6. The van der Waals surface area contributed by atoms with Gasteiger partial charge >= 0.3 is 5.69 Å². The van der Waals surface area contributed by atoms with Crippen molar-refractivity contribution >= 4 is 11.6 Å². The van der Waals surface area contributed by atoms with Crippen LogP contribution in [0.25, 0.3) is 5.78 Å². The summed E-state index contributed by atoms with van der Waals surface area (Å²) in [5.74, 6) is 1.90. The van der Waals surface area contributed by atoms with E-state index in [1.807, 2.05) is 25.1 Å². The fourth-order valence-electron chi connectivity index (χ4n) is 3.44. The Morgan fingerprint density at radius 3 is 2.74 bits per heavy atom. The number of benzene rings is 1. The molecule has 1 fully saturated rings. The minimum Gasteiger partial charge on any atom is -0.489 e. The molecule has 1 aromatic carbocycles. The summed E-state index contributed by atoms with van der Waals surface area (Å²) in [6, 6.07) is 9.48. The normalized spacial score (nSPS) is 15.1. The summed E-state index contributed by atoms with van der Waals surface area (Å²) in [6.45, 7) is 3.54. The molecule has 3 heterocycles. The summed E-state index contributed by atoms with van der Waals surface area (Å²) in [5, 5.41) is 13.4. The molecule has 0 bridgehead atoms. The van der Waals surface area contributed by atoms with Gasteiger partial charge in [0.2, 0.25) is 0 Å². The van der Waals surface area contributed by atoms with E-state index in [2.05, 4.69) is 21.1 Å². The van der Waals surface area contributed by atoms with Crippen LogP contribution in [0.4, 0.5) is 5.82 Å². The second-order valence-corrected chi connectivity index (χ2v) is 6.74. The molecule has 0 radical (unpaired) electrons. The van der Waals surface area contributed by atoms with E-state index in [1.54, 1.807) is 19.3 Å². The van der Waals surface area contributed by atoms with Crippen molar-refractivity contribution in [1.29, 1.82) is 5.26 Å². The van der Waals surface area contributed by atoms with Crippen molar-refractivity contribution in [2.24, 2.45) is 7.05 Å². The monoisotopic (exact) mass is 364 g/mol. The van der Waals surface area contributed by atoms with E-state index in [1.165, 1.54) is 9.08 Å². The predicted molar refractivity (Wildman–Crippen MR) is 100.0 cm³/mol. The van der Waals surface area contributed by atoms with E-state index in [-0.39, 0.29) is 11.8 Å². The first kappa shape index (κ1) is 17.1. The van der Waals surface area contributed by atoms with Crippen molar-refractivity contribution in [3.63, 3.8) is 0 Å². The van der Waals surface area contributed by atoms with Gasteiger partial charge in [-0.05, 0) is 19.1 Å². The van der Waals surface area contributed by atoms with Crippen molar-refractivity contribution in [2.45, 2.75) is 25.9 Å². The van der Waals surface area contributed by atoms with Crippen LogP contribution in [0, 0.1) is 18.3 Å². The van der Waals surface area contributed by atoms with E-state index < -0.39 is 0 Å². The number of aryl methyl sites for hydroxylation is 2. The number of piperidine rings is 1. The maximum atomic E-state index is 12.0. The molecule has 0 saturated carbocycles. The van der Waals surface area contributed by atoms with Gasteiger partial charge in [0.1, 0.15) is 23.7 Å². The number of anilines is 1. The highest BCUT2D eigenvalue weighted by atomic mass is 16.5. The van der Waals surface area contributed by atoms with Crippen molar-refractivity contribution in [1.82, 2.24) is 19.2 Å². The lowest BCUT2D eigenvalue weighted by Gasteiger charge is -2.33. The maximum Gasteiger partial charge on any atom is 0.351 e. The summed E-state index contributed by atoms with van der Waals surface area (Å²) >= 11 is 0. The number of hydrogen-bond acceptors (Lipinski definition) is 6. The maximum absolute atomic E-state index is 12.0. The second kappa shape index (κ2) is 6.76. The predicted octanol–water partition coefficient (Wildman–Crippen LogP) is 1.66. The number of hydrogen-bond donors (Lipinski definition) is 0. The fourth-order valence-corrected chi connectivity index (χ4v) is 3.44. The first-order valence-corrected chi connectivity index (χ1v) is 8.90. The summed E-state index contributed by atoms with van der Waals surface area (Å²) < 4.78 is 8.81. The average molecular weight is 364 g/mol. The molecule has 0 atom stereocenters. The summed E-state index contributed by atoms with van der Waals surface area (Å²) in [4.78, 5) is 18.8. The third-order valence-corrected chi connectivity index (χ3v) is 4.86. The van der Waals surface area contributed by atoms with Crippen LogP contribution in [0.15, 0.2) is 35.3 Å². The van der Waals surface area contributed by atoms with Gasteiger partial charge in [-0.1, -0.05) is 12.1 Å². The Kier molecular flexibility index (Phi) is 4.28. The topological polar surface area (TPSA) is 88.4 Å². The smallest absolute Gasteiger partial charge is 0.351 e. The summed E-state index contributed by atoms with van der Waals surface area (Å²) in [7, 11) is 1.62. The fraction of sp³-hybridized carbons (Fsp3) is 0.368. The summed E-state index contributed by atoms with van der Waals surface area (Å²) in [5.41, 5.74) is 1.30. The lowest BCUT2D eigenvalue weighted by atomic mass is 10.1. The van der Waals surface area contributed by atoms with Gasteiger partial charge in [0, 0.05) is 44.7 Å². The number of ether oxygens (including phenoxy) is 1. The van der Waals surface area contributed by atoms with Gasteiger partial charge in [-0.3, -0.25) is 0 Å². The van der Waals surface area contributed by atoms with Crippen LogP contribution in [0.2, 0.25) is 0 Å². The molecular formula is C19H20N6O2. The van der Waals surface area contributed by atoms with E-state index >= 15 is 0 Å². The van der Waals surface area contributed by atoms with Gasteiger partial charge in [-0.2, -0.15) is 10.2 Å². The highest BCUT2D eigenvalue weighted by Gasteiger charge is 2.24. The Balaban J connectivity index is 1.49. The first-order valence-electron chi connectivity index (χ1n) is 8.90. The Hall–Kier alpha value is -3.34. The van der Waals surface area contributed by atoms with Crippen LogP contribution in [0.1, 0.15) is 24.0 Å². The Labute approximate surface area is 156 Å². The molecule has 4 rings (SSSR count). The van der Waals surface area contributed by atoms with Crippen LogP contribution in [-0.2, 0) is 7.05 Å².